The first-order valence-electron chi connectivity index (χ1n) is 3.76. The minimum Gasteiger partial charge on any atom is -0.478 e. The van der Waals surface area contributed by atoms with E-state index in [2.05, 4.69) is 15.9 Å². The Balaban J connectivity index is 3.42. The predicted molar refractivity (Wildman–Crippen MR) is 53.7 cm³/mol. The lowest BCUT2D eigenvalue weighted by Crippen LogP contribution is -2.05. The molecule has 0 fully saturated rings. The van der Waals surface area contributed by atoms with E-state index in [-0.39, 0.29) is 17.7 Å². The van der Waals surface area contributed by atoms with E-state index in [0.29, 0.717) is 10.0 Å². The molecule has 4 nitrogen and oxygen atoms in total. The number of benzene rings is 1. The quantitative estimate of drug-likeness (QED) is 0.837. The SMILES string of the molecule is N#Cc1cc(Br)c(CN)cc1C(=O)O. The van der Waals surface area contributed by atoms with Crippen molar-refractivity contribution in [3.63, 3.8) is 0 Å². The lowest BCUT2D eigenvalue weighted by Gasteiger charge is -2.04. The Morgan fingerprint density at radius 1 is 1.64 bits per heavy atom. The summed E-state index contributed by atoms with van der Waals surface area (Å²) in [5, 5.41) is 17.5. The zero-order valence-corrected chi connectivity index (χ0v) is 8.71. The molecule has 0 bridgehead atoms. The van der Waals surface area contributed by atoms with E-state index in [9.17, 15) is 4.79 Å². The molecule has 0 spiro atoms. The number of carboxylic acids is 1. The van der Waals surface area contributed by atoms with E-state index >= 15 is 0 Å². The summed E-state index contributed by atoms with van der Waals surface area (Å²) >= 11 is 3.21. The van der Waals surface area contributed by atoms with Crippen LogP contribution in [0.15, 0.2) is 16.6 Å². The molecule has 0 saturated heterocycles. The summed E-state index contributed by atoms with van der Waals surface area (Å²) in [6, 6.07) is 4.69. The molecule has 0 aliphatic carbocycles. The number of nitrogens with zero attached hydrogens (tertiary/aromatic N) is 1. The maximum absolute atomic E-state index is 10.8. The van der Waals surface area contributed by atoms with Crippen LogP contribution in [0, 0.1) is 11.3 Å². The van der Waals surface area contributed by atoms with Crippen molar-refractivity contribution < 1.29 is 9.90 Å². The molecule has 14 heavy (non-hydrogen) atoms. The monoisotopic (exact) mass is 254 g/mol. The topological polar surface area (TPSA) is 87.1 Å². The normalized spacial score (nSPS) is 9.50. The third kappa shape index (κ3) is 1.92. The average Bonchev–Trinajstić information content (AvgIpc) is 2.16. The van der Waals surface area contributed by atoms with Gasteiger partial charge in [-0.15, -0.1) is 0 Å². The smallest absolute Gasteiger partial charge is 0.337 e. The second kappa shape index (κ2) is 4.22. The Kier molecular flexibility index (Phi) is 3.23. The van der Waals surface area contributed by atoms with Gasteiger partial charge in [-0.3, -0.25) is 0 Å². The molecule has 1 aromatic rings. The number of halogens is 1. The first kappa shape index (κ1) is 10.7. The number of nitrogens with two attached hydrogens (primary N) is 1. The molecule has 0 radical (unpaired) electrons. The van der Waals surface area contributed by atoms with E-state index in [1.165, 1.54) is 12.1 Å². The van der Waals surface area contributed by atoms with Crippen LogP contribution >= 0.6 is 15.9 Å². The molecule has 0 heterocycles. The van der Waals surface area contributed by atoms with E-state index in [4.69, 9.17) is 16.1 Å². The number of rotatable bonds is 2. The number of hydrogen-bond donors (Lipinski definition) is 2. The Labute approximate surface area is 89.1 Å². The van der Waals surface area contributed by atoms with E-state index < -0.39 is 5.97 Å². The van der Waals surface area contributed by atoms with Crippen LogP contribution < -0.4 is 5.73 Å². The summed E-state index contributed by atoms with van der Waals surface area (Å²) in [5.41, 5.74) is 6.18. The van der Waals surface area contributed by atoms with Gasteiger partial charge in [-0.2, -0.15) is 5.26 Å². The van der Waals surface area contributed by atoms with Gasteiger partial charge in [0.05, 0.1) is 11.1 Å². The summed E-state index contributed by atoms with van der Waals surface area (Å²) in [5.74, 6) is -1.12. The first-order valence-corrected chi connectivity index (χ1v) is 4.55. The maximum atomic E-state index is 10.8. The van der Waals surface area contributed by atoms with Gasteiger partial charge in [0.25, 0.3) is 0 Å². The standard InChI is InChI=1S/C9H7BrN2O2/c10-8-2-5(3-11)7(9(13)14)1-6(8)4-12/h1-2H,4,12H2,(H,13,14). The number of aromatic carboxylic acids is 1. The zero-order chi connectivity index (χ0) is 10.7. The predicted octanol–water partition coefficient (Wildman–Crippen LogP) is 1.48. The van der Waals surface area contributed by atoms with Gasteiger partial charge >= 0.3 is 5.97 Å². The highest BCUT2D eigenvalue weighted by Crippen LogP contribution is 2.21. The van der Waals surface area contributed by atoms with Gasteiger partial charge in [0, 0.05) is 11.0 Å². The van der Waals surface area contributed by atoms with Crippen LogP contribution in [0.4, 0.5) is 0 Å². The average molecular weight is 255 g/mol. The van der Waals surface area contributed by atoms with Crippen LogP contribution in [0.5, 0.6) is 0 Å². The second-order valence-corrected chi connectivity index (χ2v) is 3.46. The fraction of sp³-hybridized carbons (Fsp3) is 0.111. The van der Waals surface area contributed by atoms with Gasteiger partial charge in [-0.25, -0.2) is 4.79 Å². The Morgan fingerprint density at radius 2 is 2.29 bits per heavy atom. The minimum atomic E-state index is -1.12. The summed E-state index contributed by atoms with van der Waals surface area (Å²) in [4.78, 5) is 10.8. The van der Waals surface area contributed by atoms with Crippen LogP contribution in [0.1, 0.15) is 21.5 Å². The Bertz CT molecular complexity index is 424. The molecule has 0 amide bonds. The van der Waals surface area contributed by atoms with Crippen molar-refractivity contribution >= 4 is 21.9 Å². The van der Waals surface area contributed by atoms with Crippen molar-refractivity contribution in [1.82, 2.24) is 0 Å². The van der Waals surface area contributed by atoms with Gasteiger partial charge < -0.3 is 10.8 Å². The second-order valence-electron chi connectivity index (χ2n) is 2.61. The fourth-order valence-corrected chi connectivity index (χ4v) is 1.55. The molecular formula is C9H7BrN2O2. The van der Waals surface area contributed by atoms with Crippen LogP contribution in [0.3, 0.4) is 0 Å². The molecule has 3 N–H and O–H groups in total. The summed E-state index contributed by atoms with van der Waals surface area (Å²) < 4.78 is 0.654. The van der Waals surface area contributed by atoms with Crippen molar-refractivity contribution in [2.75, 3.05) is 0 Å². The van der Waals surface area contributed by atoms with E-state index in [0.717, 1.165) is 0 Å². The van der Waals surface area contributed by atoms with Crippen LogP contribution in [0.2, 0.25) is 0 Å². The van der Waals surface area contributed by atoms with E-state index in [1.807, 2.05) is 6.07 Å². The summed E-state index contributed by atoms with van der Waals surface area (Å²) in [6.07, 6.45) is 0. The van der Waals surface area contributed by atoms with Crippen LogP contribution in [-0.4, -0.2) is 11.1 Å². The fourth-order valence-electron chi connectivity index (χ4n) is 1.04. The molecule has 0 aromatic heterocycles. The van der Waals surface area contributed by atoms with Crippen molar-refractivity contribution in [2.45, 2.75) is 6.54 Å². The van der Waals surface area contributed by atoms with Gasteiger partial charge in [-0.1, -0.05) is 15.9 Å². The molecular weight excluding hydrogens is 248 g/mol. The zero-order valence-electron chi connectivity index (χ0n) is 7.12. The molecule has 0 aliphatic rings. The molecule has 0 saturated carbocycles. The Morgan fingerprint density at radius 3 is 2.71 bits per heavy atom. The summed E-state index contributed by atoms with van der Waals surface area (Å²) in [6.45, 7) is 0.229. The number of nitriles is 1. The molecule has 0 aliphatic heterocycles. The number of carboxylic acid groups (broad SMARTS) is 1. The largest absolute Gasteiger partial charge is 0.478 e. The number of carbonyl (C=O) groups is 1. The highest BCUT2D eigenvalue weighted by molar-refractivity contribution is 9.10. The maximum Gasteiger partial charge on any atom is 0.337 e. The summed E-state index contributed by atoms with van der Waals surface area (Å²) in [7, 11) is 0. The highest BCUT2D eigenvalue weighted by atomic mass is 79.9. The van der Waals surface area contributed by atoms with Gasteiger partial charge in [0.2, 0.25) is 0 Å². The highest BCUT2D eigenvalue weighted by Gasteiger charge is 2.12. The lowest BCUT2D eigenvalue weighted by atomic mass is 10.0. The lowest BCUT2D eigenvalue weighted by molar-refractivity contribution is 0.0696. The van der Waals surface area contributed by atoms with Crippen molar-refractivity contribution in [1.29, 1.82) is 5.26 Å². The molecule has 0 atom stereocenters. The molecule has 72 valence electrons. The third-order valence-corrected chi connectivity index (χ3v) is 2.50. The van der Waals surface area contributed by atoms with Gasteiger partial charge in [0.15, 0.2) is 0 Å². The Hall–Kier alpha value is -1.38. The van der Waals surface area contributed by atoms with Gasteiger partial charge in [-0.05, 0) is 17.7 Å². The van der Waals surface area contributed by atoms with Crippen molar-refractivity contribution in [2.24, 2.45) is 5.73 Å². The van der Waals surface area contributed by atoms with Gasteiger partial charge in [0.1, 0.15) is 6.07 Å². The first-order chi connectivity index (χ1) is 6.60. The molecule has 0 unspecified atom stereocenters. The molecule has 5 heteroatoms. The number of hydrogen-bond acceptors (Lipinski definition) is 3. The van der Waals surface area contributed by atoms with Crippen molar-refractivity contribution in [3.8, 4) is 6.07 Å². The molecule has 1 aromatic carbocycles. The minimum absolute atomic E-state index is 0.0175. The van der Waals surface area contributed by atoms with Crippen molar-refractivity contribution in [3.05, 3.63) is 33.3 Å². The third-order valence-electron chi connectivity index (χ3n) is 1.76. The van der Waals surface area contributed by atoms with Crippen LogP contribution in [-0.2, 0) is 6.54 Å². The van der Waals surface area contributed by atoms with Crippen LogP contribution in [0.25, 0.3) is 0 Å². The van der Waals surface area contributed by atoms with E-state index in [1.54, 1.807) is 0 Å². The molecule has 1 rings (SSSR count).